The SMILES string of the molecule is CC(=O)Nc1ccc(S(=O)(=O)c2ccc(NC(C)=O)cc2)cc1.CC(=O)S(=O)[O-]. The fourth-order valence-electron chi connectivity index (χ4n) is 1.98. The van der Waals surface area contributed by atoms with E-state index in [2.05, 4.69) is 10.6 Å². The summed E-state index contributed by atoms with van der Waals surface area (Å²) in [5.41, 5.74) is 1.05. The zero-order valence-corrected chi connectivity index (χ0v) is 17.4. The largest absolute Gasteiger partial charge is 0.766 e. The van der Waals surface area contributed by atoms with Crippen LogP contribution >= 0.6 is 0 Å². The van der Waals surface area contributed by atoms with Crippen LogP contribution in [0.15, 0.2) is 58.3 Å². The Morgan fingerprint density at radius 3 is 1.24 bits per heavy atom. The van der Waals surface area contributed by atoms with Crippen LogP contribution in [0.2, 0.25) is 0 Å². The maximum absolute atomic E-state index is 12.5. The Balaban J connectivity index is 0.000000612. The maximum Gasteiger partial charge on any atom is 0.221 e. The topological polar surface area (TPSA) is 150 Å². The minimum Gasteiger partial charge on any atom is -0.766 e. The Kier molecular flexibility index (Phi) is 8.83. The number of hydrogen-bond acceptors (Lipinski definition) is 7. The molecule has 0 heterocycles. The smallest absolute Gasteiger partial charge is 0.221 e. The van der Waals surface area contributed by atoms with E-state index < -0.39 is 26.0 Å². The number of nitrogens with one attached hydrogen (secondary N) is 2. The quantitative estimate of drug-likeness (QED) is 0.690. The molecule has 2 aromatic rings. The van der Waals surface area contributed by atoms with Crippen LogP contribution in [0.4, 0.5) is 11.4 Å². The van der Waals surface area contributed by atoms with Crippen molar-refractivity contribution in [3.05, 3.63) is 48.5 Å². The zero-order valence-electron chi connectivity index (χ0n) is 15.8. The normalized spacial score (nSPS) is 11.4. The third-order valence-electron chi connectivity index (χ3n) is 3.20. The third-order valence-corrected chi connectivity index (χ3v) is 5.46. The van der Waals surface area contributed by atoms with E-state index in [4.69, 9.17) is 0 Å². The second-order valence-corrected chi connectivity index (χ2v) is 8.63. The first-order valence-electron chi connectivity index (χ1n) is 8.03. The molecule has 0 bridgehead atoms. The van der Waals surface area contributed by atoms with Crippen LogP contribution in [0.3, 0.4) is 0 Å². The van der Waals surface area contributed by atoms with Gasteiger partial charge in [-0.2, -0.15) is 0 Å². The Labute approximate surface area is 170 Å². The summed E-state index contributed by atoms with van der Waals surface area (Å²) in [4.78, 5) is 31.7. The van der Waals surface area contributed by atoms with Gasteiger partial charge in [-0.15, -0.1) is 0 Å². The van der Waals surface area contributed by atoms with Crippen molar-refractivity contribution >= 4 is 49.2 Å². The number of sulfone groups is 1. The monoisotopic (exact) mass is 439 g/mol. The van der Waals surface area contributed by atoms with E-state index in [1.807, 2.05) is 0 Å². The van der Waals surface area contributed by atoms with Gasteiger partial charge in [0, 0.05) is 43.2 Å². The van der Waals surface area contributed by atoms with Crippen molar-refractivity contribution in [2.45, 2.75) is 30.6 Å². The second kappa shape index (κ2) is 10.6. The molecule has 0 aliphatic heterocycles. The molecule has 0 spiro atoms. The van der Waals surface area contributed by atoms with Gasteiger partial charge >= 0.3 is 0 Å². The fourth-order valence-corrected chi connectivity index (χ4v) is 3.24. The van der Waals surface area contributed by atoms with Gasteiger partial charge in [-0.05, 0) is 48.5 Å². The molecule has 2 N–H and O–H groups in total. The van der Waals surface area contributed by atoms with Crippen molar-refractivity contribution in [1.82, 2.24) is 0 Å². The average Bonchev–Trinajstić information content (AvgIpc) is 2.62. The standard InChI is InChI=1S/C16H16N2O4S.C2H4O3S/c1-11(19)17-13-3-7-15(8-4-13)23(21,22)16-9-5-14(6-10-16)18-12(2)20;1-2(3)6(4)5/h3-10H,1-2H3,(H,17,19)(H,18,20);1H3,(H,4,5)/p-1. The van der Waals surface area contributed by atoms with E-state index >= 15 is 0 Å². The lowest BCUT2D eigenvalue weighted by Crippen LogP contribution is -2.07. The van der Waals surface area contributed by atoms with Crippen molar-refractivity contribution in [3.8, 4) is 0 Å². The van der Waals surface area contributed by atoms with Crippen LogP contribution in [-0.2, 0) is 35.3 Å². The van der Waals surface area contributed by atoms with E-state index in [-0.39, 0.29) is 21.6 Å². The molecule has 29 heavy (non-hydrogen) atoms. The summed E-state index contributed by atoms with van der Waals surface area (Å²) in [6.45, 7) is 3.74. The maximum atomic E-state index is 12.5. The lowest BCUT2D eigenvalue weighted by Gasteiger charge is -2.08. The van der Waals surface area contributed by atoms with Gasteiger partial charge in [0.15, 0.2) is 0 Å². The molecule has 2 rings (SSSR count). The van der Waals surface area contributed by atoms with Crippen molar-refractivity contribution < 1.29 is 31.6 Å². The van der Waals surface area contributed by atoms with Crippen LogP contribution in [0.5, 0.6) is 0 Å². The van der Waals surface area contributed by atoms with Gasteiger partial charge in [0.25, 0.3) is 0 Å². The van der Waals surface area contributed by atoms with E-state index in [1.165, 1.54) is 62.4 Å². The highest BCUT2D eigenvalue weighted by Gasteiger charge is 2.17. The van der Waals surface area contributed by atoms with Crippen molar-refractivity contribution in [2.75, 3.05) is 10.6 Å². The van der Waals surface area contributed by atoms with E-state index in [1.54, 1.807) is 0 Å². The molecule has 0 aliphatic carbocycles. The minimum atomic E-state index is -3.65. The highest BCUT2D eigenvalue weighted by Crippen LogP contribution is 2.23. The van der Waals surface area contributed by atoms with Gasteiger partial charge in [-0.1, -0.05) is 0 Å². The van der Waals surface area contributed by atoms with E-state index in [0.29, 0.717) is 11.4 Å². The zero-order chi connectivity index (χ0) is 22.2. The molecule has 9 nitrogen and oxygen atoms in total. The molecule has 156 valence electrons. The number of benzene rings is 2. The average molecular weight is 439 g/mol. The van der Waals surface area contributed by atoms with Crippen LogP contribution < -0.4 is 10.6 Å². The highest BCUT2D eigenvalue weighted by atomic mass is 32.2. The summed E-state index contributed by atoms with van der Waals surface area (Å²) in [5.74, 6) is -0.455. The number of carbonyl (C=O) groups is 3. The number of hydrogen-bond donors (Lipinski definition) is 2. The lowest BCUT2D eigenvalue weighted by molar-refractivity contribution is -0.115. The molecular formula is C18H19N2O7S2-. The van der Waals surface area contributed by atoms with Gasteiger partial charge < -0.3 is 15.2 Å². The van der Waals surface area contributed by atoms with E-state index in [0.717, 1.165) is 6.92 Å². The fraction of sp³-hybridized carbons (Fsp3) is 0.167. The van der Waals surface area contributed by atoms with Gasteiger partial charge in [0.1, 0.15) is 0 Å². The van der Waals surface area contributed by atoms with Crippen molar-refractivity contribution in [3.63, 3.8) is 0 Å². The highest BCUT2D eigenvalue weighted by molar-refractivity contribution is 7.95. The third kappa shape index (κ3) is 7.94. The van der Waals surface area contributed by atoms with Crippen LogP contribution in [0.25, 0.3) is 0 Å². The predicted octanol–water partition coefficient (Wildman–Crippen LogP) is 1.85. The molecule has 1 atom stereocenters. The number of amides is 2. The summed E-state index contributed by atoms with van der Waals surface area (Å²) in [6.07, 6.45) is 0. The summed E-state index contributed by atoms with van der Waals surface area (Å²) in [5, 5.41) is 4.33. The number of rotatable bonds is 4. The Morgan fingerprint density at radius 2 is 1.03 bits per heavy atom. The van der Waals surface area contributed by atoms with Crippen LogP contribution in [0.1, 0.15) is 20.8 Å². The summed E-state index contributed by atoms with van der Waals surface area (Å²) < 4.78 is 43.8. The molecule has 0 saturated carbocycles. The molecule has 1 unspecified atom stereocenters. The molecule has 0 radical (unpaired) electrons. The van der Waals surface area contributed by atoms with Crippen LogP contribution in [0, 0.1) is 0 Å². The molecular weight excluding hydrogens is 420 g/mol. The summed E-state index contributed by atoms with van der Waals surface area (Å²) >= 11 is -2.51. The molecule has 2 aromatic carbocycles. The predicted molar refractivity (Wildman–Crippen MR) is 107 cm³/mol. The molecule has 0 aromatic heterocycles. The molecule has 0 saturated heterocycles. The molecule has 0 aliphatic rings. The molecule has 11 heteroatoms. The van der Waals surface area contributed by atoms with Crippen LogP contribution in [-0.4, -0.2) is 34.1 Å². The van der Waals surface area contributed by atoms with Gasteiger partial charge in [0.2, 0.25) is 26.8 Å². The Hall–Kier alpha value is -2.89. The van der Waals surface area contributed by atoms with Crippen molar-refractivity contribution in [1.29, 1.82) is 0 Å². The summed E-state index contributed by atoms with van der Waals surface area (Å²) in [6, 6.07) is 11.8. The summed E-state index contributed by atoms with van der Waals surface area (Å²) in [7, 11) is -3.65. The molecule has 0 fully saturated rings. The van der Waals surface area contributed by atoms with Gasteiger partial charge in [0.05, 0.1) is 9.79 Å². The first kappa shape index (κ1) is 24.1. The second-order valence-electron chi connectivity index (χ2n) is 5.64. The van der Waals surface area contributed by atoms with Crippen molar-refractivity contribution in [2.24, 2.45) is 0 Å². The Bertz CT molecular complexity index is 938. The lowest BCUT2D eigenvalue weighted by atomic mass is 10.3. The molecule has 2 amide bonds. The Morgan fingerprint density at radius 1 is 0.759 bits per heavy atom. The first-order chi connectivity index (χ1) is 13.4. The number of carbonyl (C=O) groups excluding carboxylic acids is 3. The first-order valence-corrected chi connectivity index (χ1v) is 10.6. The van der Waals surface area contributed by atoms with Gasteiger partial charge in [-0.3, -0.25) is 18.6 Å². The van der Waals surface area contributed by atoms with Gasteiger partial charge in [-0.25, -0.2) is 8.42 Å². The van der Waals surface area contributed by atoms with E-state index in [9.17, 15) is 31.6 Å². The number of anilines is 2. The minimum absolute atomic E-state index is 0.124.